The van der Waals surface area contributed by atoms with E-state index in [9.17, 15) is 4.79 Å². The van der Waals surface area contributed by atoms with Gasteiger partial charge >= 0.3 is 0 Å². The number of hydrogen-bond donors (Lipinski definition) is 2. The summed E-state index contributed by atoms with van der Waals surface area (Å²) in [6.07, 6.45) is 0. The molecule has 0 saturated heterocycles. The van der Waals surface area contributed by atoms with Gasteiger partial charge in [-0.15, -0.1) is 11.3 Å². The highest BCUT2D eigenvalue weighted by Crippen LogP contribution is 2.26. The molecule has 0 unspecified atom stereocenters. The Balaban J connectivity index is 1.56. The highest BCUT2D eigenvalue weighted by Gasteiger charge is 2.17. The zero-order valence-corrected chi connectivity index (χ0v) is 16.9. The first-order chi connectivity index (χ1) is 13.4. The molecule has 0 aliphatic heterocycles. The summed E-state index contributed by atoms with van der Waals surface area (Å²) in [4.78, 5) is 17.2. The number of H-pyrrole nitrogens is 1. The molecule has 0 spiro atoms. The van der Waals surface area contributed by atoms with Crippen molar-refractivity contribution >= 4 is 22.9 Å². The summed E-state index contributed by atoms with van der Waals surface area (Å²) in [6.45, 7) is 5.89. The molecule has 0 saturated carbocycles. The number of aromatic nitrogens is 5. The van der Waals surface area contributed by atoms with Crippen LogP contribution in [0.25, 0.3) is 22.5 Å². The molecule has 0 fully saturated rings. The molecule has 2 N–H and O–H groups in total. The van der Waals surface area contributed by atoms with Crippen molar-refractivity contribution in [1.82, 2.24) is 25.0 Å². The summed E-state index contributed by atoms with van der Waals surface area (Å²) >= 11 is 1.60. The van der Waals surface area contributed by atoms with Crippen molar-refractivity contribution in [2.75, 3.05) is 5.32 Å². The third kappa shape index (κ3) is 3.34. The molecule has 4 aromatic rings. The van der Waals surface area contributed by atoms with Gasteiger partial charge in [-0.05, 0) is 39.0 Å². The number of nitrogens with one attached hydrogen (secondary N) is 2. The molecule has 4 rings (SSSR count). The van der Waals surface area contributed by atoms with E-state index in [0.29, 0.717) is 17.1 Å². The Hall–Kier alpha value is -3.26. The monoisotopic (exact) mass is 392 g/mol. The van der Waals surface area contributed by atoms with Crippen LogP contribution in [0.4, 0.5) is 5.69 Å². The number of rotatable bonds is 4. The number of benzene rings is 1. The lowest BCUT2D eigenvalue weighted by Gasteiger charge is -2.05. The predicted octanol–water partition coefficient (Wildman–Crippen LogP) is 4.11. The molecular formula is C20H20N6OS. The predicted molar refractivity (Wildman–Crippen MR) is 111 cm³/mol. The number of carbonyl (C=O) groups is 1. The van der Waals surface area contributed by atoms with E-state index in [1.165, 1.54) is 0 Å². The van der Waals surface area contributed by atoms with E-state index < -0.39 is 0 Å². The van der Waals surface area contributed by atoms with Gasteiger partial charge in [0.25, 0.3) is 5.91 Å². The zero-order valence-electron chi connectivity index (χ0n) is 16.1. The van der Waals surface area contributed by atoms with Crippen molar-refractivity contribution in [3.8, 4) is 22.5 Å². The van der Waals surface area contributed by atoms with Gasteiger partial charge in [-0.1, -0.05) is 12.1 Å². The largest absolute Gasteiger partial charge is 0.321 e. The molecule has 28 heavy (non-hydrogen) atoms. The third-order valence-corrected chi connectivity index (χ3v) is 5.40. The zero-order chi connectivity index (χ0) is 19.8. The average Bonchev–Trinajstić information content (AvgIpc) is 3.36. The first kappa shape index (κ1) is 18.1. The summed E-state index contributed by atoms with van der Waals surface area (Å²) < 4.78 is 1.81. The lowest BCUT2D eigenvalue weighted by Crippen LogP contribution is -2.12. The maximum atomic E-state index is 12.7. The van der Waals surface area contributed by atoms with Gasteiger partial charge in [0.1, 0.15) is 5.69 Å². The lowest BCUT2D eigenvalue weighted by molar-refractivity contribution is 0.102. The van der Waals surface area contributed by atoms with Crippen LogP contribution in [-0.2, 0) is 7.05 Å². The van der Waals surface area contributed by atoms with Gasteiger partial charge in [0.2, 0.25) is 0 Å². The fraction of sp³-hybridized carbons (Fsp3) is 0.200. The summed E-state index contributed by atoms with van der Waals surface area (Å²) in [6, 6.07) is 9.40. The molecule has 1 aromatic carbocycles. The number of aromatic amines is 1. The van der Waals surface area contributed by atoms with Crippen LogP contribution in [0.1, 0.15) is 26.9 Å². The Labute approximate surface area is 166 Å². The smallest absolute Gasteiger partial charge is 0.273 e. The number of carbonyl (C=O) groups excluding carboxylic acids is 1. The van der Waals surface area contributed by atoms with E-state index in [4.69, 9.17) is 0 Å². The molecule has 0 aliphatic carbocycles. The summed E-state index contributed by atoms with van der Waals surface area (Å²) in [7, 11) is 1.89. The van der Waals surface area contributed by atoms with Crippen molar-refractivity contribution in [3.63, 3.8) is 0 Å². The van der Waals surface area contributed by atoms with Crippen LogP contribution in [0.5, 0.6) is 0 Å². The highest BCUT2D eigenvalue weighted by atomic mass is 32.1. The van der Waals surface area contributed by atoms with Gasteiger partial charge < -0.3 is 5.32 Å². The number of nitrogens with zero attached hydrogens (tertiary/aromatic N) is 4. The van der Waals surface area contributed by atoms with Gasteiger partial charge in [-0.2, -0.15) is 10.2 Å². The van der Waals surface area contributed by atoms with E-state index in [1.807, 2.05) is 62.1 Å². The highest BCUT2D eigenvalue weighted by molar-refractivity contribution is 7.09. The SMILES string of the molecule is Cc1nc(-c2cccc(NC(=O)c3cc(-c4c(C)nn(C)c4C)n[nH]3)c2)cs1. The fourth-order valence-electron chi connectivity index (χ4n) is 3.16. The van der Waals surface area contributed by atoms with Crippen LogP contribution < -0.4 is 5.32 Å². The Morgan fingerprint density at radius 2 is 2.00 bits per heavy atom. The van der Waals surface area contributed by atoms with Crippen molar-refractivity contribution in [2.24, 2.45) is 7.05 Å². The van der Waals surface area contributed by atoms with E-state index >= 15 is 0 Å². The van der Waals surface area contributed by atoms with Gasteiger partial charge in [0, 0.05) is 34.9 Å². The maximum absolute atomic E-state index is 12.7. The second-order valence-corrected chi connectivity index (χ2v) is 7.69. The number of amides is 1. The molecule has 0 aliphatic rings. The average molecular weight is 392 g/mol. The van der Waals surface area contributed by atoms with Gasteiger partial charge in [-0.25, -0.2) is 4.98 Å². The van der Waals surface area contributed by atoms with Gasteiger partial charge in [-0.3, -0.25) is 14.6 Å². The molecule has 0 bridgehead atoms. The molecule has 0 atom stereocenters. The van der Waals surface area contributed by atoms with Crippen LogP contribution >= 0.6 is 11.3 Å². The standard InChI is InChI=1S/C20H20N6OS/c1-11-19(12(2)26(4)25-11)16-9-17(24-23-16)20(27)22-15-7-5-6-14(8-15)18-10-28-13(3)21-18/h5-10H,1-4H3,(H,22,27)(H,23,24). The minimum atomic E-state index is -0.246. The van der Waals surface area contributed by atoms with Gasteiger partial charge in [0.05, 0.1) is 22.1 Å². The molecule has 8 heteroatoms. The Bertz CT molecular complexity index is 1170. The van der Waals surface area contributed by atoms with Crippen molar-refractivity contribution in [1.29, 1.82) is 0 Å². The van der Waals surface area contributed by atoms with Crippen molar-refractivity contribution in [2.45, 2.75) is 20.8 Å². The van der Waals surface area contributed by atoms with Crippen molar-refractivity contribution < 1.29 is 4.79 Å². The Morgan fingerprint density at radius 3 is 2.68 bits per heavy atom. The Morgan fingerprint density at radius 1 is 1.18 bits per heavy atom. The summed E-state index contributed by atoms with van der Waals surface area (Å²) in [5.74, 6) is -0.246. The fourth-order valence-corrected chi connectivity index (χ4v) is 3.78. The van der Waals surface area contributed by atoms with Crippen LogP contribution in [0, 0.1) is 20.8 Å². The maximum Gasteiger partial charge on any atom is 0.273 e. The van der Waals surface area contributed by atoms with Crippen LogP contribution in [0.2, 0.25) is 0 Å². The van der Waals surface area contributed by atoms with E-state index in [0.717, 1.165) is 33.2 Å². The summed E-state index contributed by atoms with van der Waals surface area (Å²) in [5.41, 5.74) is 6.51. The van der Waals surface area contributed by atoms with Crippen LogP contribution in [0.3, 0.4) is 0 Å². The molecule has 3 heterocycles. The Kier molecular flexibility index (Phi) is 4.56. The molecule has 1 amide bonds. The van der Waals surface area contributed by atoms with Crippen LogP contribution in [0.15, 0.2) is 35.7 Å². The molecule has 0 radical (unpaired) electrons. The number of anilines is 1. The normalized spacial score (nSPS) is 11.0. The minimum Gasteiger partial charge on any atom is -0.321 e. The molecule has 7 nitrogen and oxygen atoms in total. The first-order valence-corrected chi connectivity index (χ1v) is 9.70. The number of hydrogen-bond acceptors (Lipinski definition) is 5. The van der Waals surface area contributed by atoms with E-state index in [1.54, 1.807) is 17.4 Å². The molecule has 142 valence electrons. The topological polar surface area (TPSA) is 88.5 Å². The van der Waals surface area contributed by atoms with Crippen LogP contribution in [-0.4, -0.2) is 30.9 Å². The number of aryl methyl sites for hydroxylation is 3. The van der Waals surface area contributed by atoms with Crippen molar-refractivity contribution in [3.05, 3.63) is 57.8 Å². The van der Waals surface area contributed by atoms with Gasteiger partial charge in [0.15, 0.2) is 0 Å². The number of thiazole rings is 1. The van der Waals surface area contributed by atoms with E-state index in [2.05, 4.69) is 25.6 Å². The van der Waals surface area contributed by atoms with E-state index in [-0.39, 0.29) is 5.91 Å². The lowest BCUT2D eigenvalue weighted by atomic mass is 10.1. The minimum absolute atomic E-state index is 0.246. The quantitative estimate of drug-likeness (QED) is 0.547. The second-order valence-electron chi connectivity index (χ2n) is 6.62. The summed E-state index contributed by atoms with van der Waals surface area (Å²) in [5, 5.41) is 17.5. The molecular weight excluding hydrogens is 372 g/mol. The molecule has 3 aromatic heterocycles. The second kappa shape index (κ2) is 7.05. The first-order valence-electron chi connectivity index (χ1n) is 8.82. The third-order valence-electron chi connectivity index (χ3n) is 4.62.